The summed E-state index contributed by atoms with van der Waals surface area (Å²) >= 11 is 0. The zero-order valence-electron chi connectivity index (χ0n) is 18.2. The van der Waals surface area contributed by atoms with Crippen LogP contribution in [0.25, 0.3) is 0 Å². The number of fused-ring (bicyclic) bond motifs is 2. The van der Waals surface area contributed by atoms with Gasteiger partial charge in [0.2, 0.25) is 5.91 Å². The maximum Gasteiger partial charge on any atom is 0.272 e. The zero-order valence-corrected chi connectivity index (χ0v) is 18.2. The standard InChI is InChI=1S/C24H34N4O2/c1-2-26-17-20-23(8-9-24(20,18-26)22(30)28-13-5-6-14-28)10-15-27(16-11-23)21(29)19-7-3-4-12-25-19/h3-4,7,12,20H,2,5-6,8-11,13-18H2,1H3/t20-,24+/m0/s1. The van der Waals surface area contributed by atoms with Gasteiger partial charge in [-0.1, -0.05) is 13.0 Å². The third kappa shape index (κ3) is 3.06. The molecule has 4 fully saturated rings. The summed E-state index contributed by atoms with van der Waals surface area (Å²) in [5.74, 6) is 0.916. The van der Waals surface area contributed by atoms with Gasteiger partial charge in [-0.05, 0) is 68.5 Å². The molecule has 4 heterocycles. The fraction of sp³-hybridized carbons (Fsp3) is 0.708. The molecule has 0 unspecified atom stereocenters. The number of carbonyl (C=O) groups excluding carboxylic acids is 2. The molecule has 4 aliphatic rings. The first-order chi connectivity index (χ1) is 14.6. The normalized spacial score (nSPS) is 30.8. The van der Waals surface area contributed by atoms with Gasteiger partial charge in [-0.15, -0.1) is 0 Å². The number of piperidine rings is 1. The number of carbonyl (C=O) groups is 2. The molecule has 5 rings (SSSR count). The van der Waals surface area contributed by atoms with Crippen LogP contribution in [0.5, 0.6) is 0 Å². The summed E-state index contributed by atoms with van der Waals surface area (Å²) in [5.41, 5.74) is 0.560. The zero-order chi connectivity index (χ0) is 20.8. The second kappa shape index (κ2) is 7.63. The molecule has 6 heteroatoms. The van der Waals surface area contributed by atoms with Crippen LogP contribution >= 0.6 is 0 Å². The number of rotatable bonds is 3. The first-order valence-electron chi connectivity index (χ1n) is 11.8. The minimum Gasteiger partial charge on any atom is -0.342 e. The smallest absolute Gasteiger partial charge is 0.272 e. The molecular weight excluding hydrogens is 376 g/mol. The van der Waals surface area contributed by atoms with Crippen LogP contribution in [0, 0.1) is 16.7 Å². The van der Waals surface area contributed by atoms with Gasteiger partial charge in [0.15, 0.2) is 0 Å². The molecule has 1 spiro atoms. The van der Waals surface area contributed by atoms with Crippen molar-refractivity contribution >= 4 is 11.8 Å². The maximum absolute atomic E-state index is 13.7. The number of nitrogens with zero attached hydrogens (tertiary/aromatic N) is 4. The lowest BCUT2D eigenvalue weighted by Crippen LogP contribution is -2.50. The number of likely N-dealkylation sites (tertiary alicyclic amines) is 3. The van der Waals surface area contributed by atoms with E-state index in [2.05, 4.69) is 21.7 Å². The molecule has 2 amide bonds. The lowest BCUT2D eigenvalue weighted by molar-refractivity contribution is -0.142. The van der Waals surface area contributed by atoms with E-state index >= 15 is 0 Å². The van der Waals surface area contributed by atoms with E-state index in [1.54, 1.807) is 12.3 Å². The van der Waals surface area contributed by atoms with Gasteiger partial charge in [-0.3, -0.25) is 14.6 Å². The lowest BCUT2D eigenvalue weighted by atomic mass is 9.65. The monoisotopic (exact) mass is 410 g/mol. The van der Waals surface area contributed by atoms with Gasteiger partial charge in [0.05, 0.1) is 5.41 Å². The van der Waals surface area contributed by atoms with Crippen molar-refractivity contribution in [3.63, 3.8) is 0 Å². The number of amides is 2. The van der Waals surface area contributed by atoms with E-state index in [9.17, 15) is 9.59 Å². The van der Waals surface area contributed by atoms with Gasteiger partial charge in [-0.25, -0.2) is 0 Å². The van der Waals surface area contributed by atoms with E-state index in [-0.39, 0.29) is 16.7 Å². The van der Waals surface area contributed by atoms with Crippen LogP contribution in [-0.4, -0.2) is 77.3 Å². The quantitative estimate of drug-likeness (QED) is 0.769. The van der Waals surface area contributed by atoms with Crippen molar-refractivity contribution in [1.29, 1.82) is 0 Å². The average molecular weight is 411 g/mol. The topological polar surface area (TPSA) is 56.8 Å². The molecule has 1 saturated carbocycles. The third-order valence-electron chi connectivity index (χ3n) is 8.62. The van der Waals surface area contributed by atoms with Gasteiger partial charge in [-0.2, -0.15) is 0 Å². The van der Waals surface area contributed by atoms with Crippen molar-refractivity contribution < 1.29 is 9.59 Å². The van der Waals surface area contributed by atoms with E-state index in [0.29, 0.717) is 17.5 Å². The Morgan fingerprint density at radius 2 is 1.80 bits per heavy atom. The van der Waals surface area contributed by atoms with Crippen LogP contribution in [0.15, 0.2) is 24.4 Å². The maximum atomic E-state index is 13.7. The van der Waals surface area contributed by atoms with Crippen LogP contribution < -0.4 is 0 Å². The Morgan fingerprint density at radius 3 is 2.47 bits per heavy atom. The van der Waals surface area contributed by atoms with Crippen molar-refractivity contribution in [2.24, 2.45) is 16.7 Å². The van der Waals surface area contributed by atoms with Crippen molar-refractivity contribution in [2.75, 3.05) is 45.8 Å². The first kappa shape index (κ1) is 20.0. The molecule has 0 N–H and O–H groups in total. The van der Waals surface area contributed by atoms with Crippen molar-refractivity contribution in [2.45, 2.75) is 45.4 Å². The molecule has 162 valence electrons. The van der Waals surface area contributed by atoms with Gasteiger partial charge in [0, 0.05) is 45.5 Å². The Kier molecular flexibility index (Phi) is 5.08. The van der Waals surface area contributed by atoms with Gasteiger partial charge in [0.1, 0.15) is 5.69 Å². The van der Waals surface area contributed by atoms with Crippen molar-refractivity contribution in [3.05, 3.63) is 30.1 Å². The third-order valence-corrected chi connectivity index (χ3v) is 8.62. The molecule has 0 aromatic carbocycles. The summed E-state index contributed by atoms with van der Waals surface area (Å²) in [6.45, 7) is 8.67. The van der Waals surface area contributed by atoms with Gasteiger partial charge >= 0.3 is 0 Å². The fourth-order valence-corrected chi connectivity index (χ4v) is 6.89. The molecule has 30 heavy (non-hydrogen) atoms. The molecule has 3 saturated heterocycles. The minimum absolute atomic E-state index is 0.0458. The molecule has 0 radical (unpaired) electrons. The van der Waals surface area contributed by atoms with Crippen LogP contribution in [0.1, 0.15) is 55.9 Å². The molecule has 6 nitrogen and oxygen atoms in total. The summed E-state index contributed by atoms with van der Waals surface area (Å²) in [6, 6.07) is 5.52. The Balaban J connectivity index is 1.34. The average Bonchev–Trinajstić information content (AvgIpc) is 3.52. The Bertz CT molecular complexity index is 799. The Labute approximate surface area is 179 Å². The van der Waals surface area contributed by atoms with E-state index in [0.717, 1.165) is 84.3 Å². The summed E-state index contributed by atoms with van der Waals surface area (Å²) in [7, 11) is 0. The first-order valence-corrected chi connectivity index (χ1v) is 11.8. The molecule has 1 aromatic heterocycles. The molecule has 0 bridgehead atoms. The highest BCUT2D eigenvalue weighted by Gasteiger charge is 2.64. The van der Waals surface area contributed by atoms with Crippen molar-refractivity contribution in [3.8, 4) is 0 Å². The van der Waals surface area contributed by atoms with E-state index in [1.165, 1.54) is 0 Å². The number of hydrogen-bond donors (Lipinski definition) is 0. The second-order valence-corrected chi connectivity index (χ2v) is 9.91. The molecule has 1 aliphatic carbocycles. The Hall–Kier alpha value is -1.95. The molecule has 3 aliphatic heterocycles. The summed E-state index contributed by atoms with van der Waals surface area (Å²) < 4.78 is 0. The van der Waals surface area contributed by atoms with Crippen LogP contribution in [-0.2, 0) is 4.79 Å². The van der Waals surface area contributed by atoms with Crippen LogP contribution in [0.4, 0.5) is 0 Å². The number of aromatic nitrogens is 1. The summed E-state index contributed by atoms with van der Waals surface area (Å²) in [4.78, 5) is 37.5. The second-order valence-electron chi connectivity index (χ2n) is 9.91. The van der Waals surface area contributed by atoms with Gasteiger partial charge in [0.25, 0.3) is 5.91 Å². The summed E-state index contributed by atoms with van der Waals surface area (Å²) in [5, 5.41) is 0. The predicted octanol–water partition coefficient (Wildman–Crippen LogP) is 2.66. The number of hydrogen-bond acceptors (Lipinski definition) is 4. The van der Waals surface area contributed by atoms with Crippen LogP contribution in [0.3, 0.4) is 0 Å². The minimum atomic E-state index is -0.187. The van der Waals surface area contributed by atoms with Gasteiger partial charge < -0.3 is 14.7 Å². The highest BCUT2D eigenvalue weighted by molar-refractivity contribution is 5.92. The molecule has 1 aromatic rings. The van der Waals surface area contributed by atoms with Crippen LogP contribution in [0.2, 0.25) is 0 Å². The number of pyridine rings is 1. The van der Waals surface area contributed by atoms with E-state index in [4.69, 9.17) is 0 Å². The highest BCUT2D eigenvalue weighted by atomic mass is 16.2. The van der Waals surface area contributed by atoms with E-state index in [1.807, 2.05) is 17.0 Å². The Morgan fingerprint density at radius 1 is 1.03 bits per heavy atom. The van der Waals surface area contributed by atoms with Crippen molar-refractivity contribution in [1.82, 2.24) is 19.7 Å². The lowest BCUT2D eigenvalue weighted by Gasteiger charge is -2.44. The van der Waals surface area contributed by atoms with E-state index < -0.39 is 0 Å². The SMILES string of the molecule is CCN1C[C@H]2C3(CCN(C(=O)c4ccccn4)CC3)CC[C@@]2(C(=O)N2CCCC2)C1. The highest BCUT2D eigenvalue weighted by Crippen LogP contribution is 2.62. The molecule has 2 atom stereocenters. The predicted molar refractivity (Wildman–Crippen MR) is 115 cm³/mol. The fourth-order valence-electron chi connectivity index (χ4n) is 6.89. The molecular formula is C24H34N4O2. The summed E-state index contributed by atoms with van der Waals surface area (Å²) in [6.07, 6.45) is 8.19. The largest absolute Gasteiger partial charge is 0.342 e.